The highest BCUT2D eigenvalue weighted by molar-refractivity contribution is 7.15. The van der Waals surface area contributed by atoms with Crippen molar-refractivity contribution in [1.82, 2.24) is 15.5 Å². The molecule has 0 saturated carbocycles. The first-order chi connectivity index (χ1) is 17.0. The number of carbonyl (C=O) groups excluding carboxylic acids is 2. The summed E-state index contributed by atoms with van der Waals surface area (Å²) in [6.07, 6.45) is -0.0335. The Balaban J connectivity index is 0.00000304. The van der Waals surface area contributed by atoms with E-state index in [1.54, 1.807) is 4.90 Å². The van der Waals surface area contributed by atoms with Gasteiger partial charge >= 0.3 is 0 Å². The van der Waals surface area contributed by atoms with Crippen molar-refractivity contribution in [2.75, 3.05) is 13.2 Å². The lowest BCUT2D eigenvalue weighted by Gasteiger charge is -2.30. The number of amides is 2. The molecule has 2 unspecified atom stereocenters. The molecular formula is C27H30ClN3O4S. The van der Waals surface area contributed by atoms with Crippen molar-refractivity contribution in [1.29, 1.82) is 0 Å². The lowest BCUT2D eigenvalue weighted by Crippen LogP contribution is -2.49. The normalized spacial score (nSPS) is 17.1. The number of fused-ring (bicyclic) bond motifs is 2. The second-order valence-electron chi connectivity index (χ2n) is 8.88. The lowest BCUT2D eigenvalue weighted by molar-refractivity contribution is 0.0763. The lowest BCUT2D eigenvalue weighted by atomic mass is 9.93. The van der Waals surface area contributed by atoms with Crippen LogP contribution in [-0.4, -0.2) is 47.1 Å². The van der Waals surface area contributed by atoms with E-state index in [1.165, 1.54) is 22.5 Å². The maximum Gasteiger partial charge on any atom is 0.265 e. The van der Waals surface area contributed by atoms with E-state index in [4.69, 9.17) is 4.74 Å². The van der Waals surface area contributed by atoms with Crippen molar-refractivity contribution in [2.24, 2.45) is 0 Å². The van der Waals surface area contributed by atoms with Crippen LogP contribution in [0.25, 0.3) is 0 Å². The van der Waals surface area contributed by atoms with Crippen molar-refractivity contribution in [3.05, 3.63) is 86.6 Å². The van der Waals surface area contributed by atoms with E-state index < -0.39 is 6.10 Å². The van der Waals surface area contributed by atoms with Crippen LogP contribution < -0.4 is 15.4 Å². The molecule has 2 aliphatic heterocycles. The van der Waals surface area contributed by atoms with Crippen molar-refractivity contribution < 1.29 is 19.4 Å². The number of nitrogens with one attached hydrogen (secondary N) is 2. The molecule has 0 aliphatic carbocycles. The Labute approximate surface area is 220 Å². The van der Waals surface area contributed by atoms with Gasteiger partial charge in [-0.2, -0.15) is 0 Å². The maximum atomic E-state index is 13.2. The van der Waals surface area contributed by atoms with Gasteiger partial charge in [-0.1, -0.05) is 54.6 Å². The average Bonchev–Trinajstić information content (AvgIpc) is 3.39. The third kappa shape index (κ3) is 5.27. The van der Waals surface area contributed by atoms with Gasteiger partial charge in [-0.3, -0.25) is 9.59 Å². The summed E-state index contributed by atoms with van der Waals surface area (Å²) in [5.74, 6) is -0.0944. The van der Waals surface area contributed by atoms with Crippen LogP contribution in [0.2, 0.25) is 0 Å². The molecule has 2 amide bonds. The van der Waals surface area contributed by atoms with Crippen molar-refractivity contribution in [3.8, 4) is 5.75 Å². The number of aliphatic hydroxyl groups is 1. The summed E-state index contributed by atoms with van der Waals surface area (Å²) in [6.45, 7) is 3.96. The molecule has 7 nitrogen and oxygen atoms in total. The Bertz CT molecular complexity index is 1230. The number of carbonyl (C=O) groups is 2. The fourth-order valence-electron chi connectivity index (χ4n) is 4.73. The molecule has 3 heterocycles. The van der Waals surface area contributed by atoms with Crippen LogP contribution >= 0.6 is 23.7 Å². The maximum absolute atomic E-state index is 13.2. The number of nitrogens with zero attached hydrogens (tertiary/aromatic N) is 1. The Morgan fingerprint density at radius 3 is 2.67 bits per heavy atom. The van der Waals surface area contributed by atoms with Crippen LogP contribution in [-0.2, 0) is 26.1 Å². The molecule has 0 spiro atoms. The molecule has 0 bridgehead atoms. The van der Waals surface area contributed by atoms with Crippen LogP contribution in [0.15, 0.2) is 54.6 Å². The predicted octanol–water partition coefficient (Wildman–Crippen LogP) is 3.53. The van der Waals surface area contributed by atoms with Gasteiger partial charge in [0.25, 0.3) is 11.8 Å². The number of ether oxygens (including phenoxy) is 1. The third-order valence-electron chi connectivity index (χ3n) is 6.53. The topological polar surface area (TPSA) is 90.9 Å². The first-order valence-electron chi connectivity index (χ1n) is 11.9. The Morgan fingerprint density at radius 1 is 1.19 bits per heavy atom. The number of rotatable bonds is 8. The minimum atomic E-state index is -0.738. The second-order valence-corrected chi connectivity index (χ2v) is 9.98. The molecule has 1 aromatic heterocycles. The van der Waals surface area contributed by atoms with E-state index in [9.17, 15) is 14.7 Å². The van der Waals surface area contributed by atoms with Crippen LogP contribution in [0.3, 0.4) is 0 Å². The van der Waals surface area contributed by atoms with E-state index in [0.29, 0.717) is 48.9 Å². The Hall–Kier alpha value is -2.91. The van der Waals surface area contributed by atoms with Crippen LogP contribution in [0.4, 0.5) is 0 Å². The fraction of sp³-hybridized carbons (Fsp3) is 0.333. The van der Waals surface area contributed by atoms with Crippen molar-refractivity contribution in [2.45, 2.75) is 45.1 Å². The summed E-state index contributed by atoms with van der Waals surface area (Å²) in [5.41, 5.74) is 4.00. The highest BCUT2D eigenvalue weighted by Gasteiger charge is 2.37. The quantitative estimate of drug-likeness (QED) is 0.417. The number of aliphatic hydroxyl groups excluding tert-OH is 1. The summed E-state index contributed by atoms with van der Waals surface area (Å²) in [5, 5.41) is 16.9. The molecule has 0 saturated heterocycles. The first-order valence-corrected chi connectivity index (χ1v) is 12.7. The molecule has 190 valence electrons. The van der Waals surface area contributed by atoms with E-state index in [1.807, 2.05) is 49.4 Å². The van der Waals surface area contributed by atoms with Crippen LogP contribution in [0.5, 0.6) is 5.75 Å². The van der Waals surface area contributed by atoms with Gasteiger partial charge in [0, 0.05) is 30.6 Å². The van der Waals surface area contributed by atoms with Gasteiger partial charge in [-0.05, 0) is 30.0 Å². The zero-order valence-electron chi connectivity index (χ0n) is 20.0. The van der Waals surface area contributed by atoms with Gasteiger partial charge < -0.3 is 25.4 Å². The molecule has 0 fully saturated rings. The van der Waals surface area contributed by atoms with Gasteiger partial charge in [0.15, 0.2) is 5.75 Å². The van der Waals surface area contributed by atoms with E-state index in [-0.39, 0.29) is 36.8 Å². The highest BCUT2D eigenvalue weighted by atomic mass is 35.5. The summed E-state index contributed by atoms with van der Waals surface area (Å²) in [7, 11) is 0. The number of hydrogen-bond acceptors (Lipinski definition) is 6. The SMILES string of the molecule is CCOc1c(C(=O)NCC(O)C2Cc3ccccc3CN2)sc2c1C(=O)N(Cc1ccccc1)C2.Cl. The smallest absolute Gasteiger partial charge is 0.265 e. The molecule has 36 heavy (non-hydrogen) atoms. The van der Waals surface area contributed by atoms with Gasteiger partial charge in [0.05, 0.1) is 24.8 Å². The molecule has 9 heteroatoms. The fourth-order valence-corrected chi connectivity index (χ4v) is 5.89. The molecule has 3 N–H and O–H groups in total. The monoisotopic (exact) mass is 527 g/mol. The zero-order chi connectivity index (χ0) is 24.4. The van der Waals surface area contributed by atoms with Crippen LogP contribution in [0, 0.1) is 0 Å². The Kier molecular flexibility index (Phi) is 8.31. The summed E-state index contributed by atoms with van der Waals surface area (Å²) >= 11 is 1.30. The molecule has 3 aromatic rings. The van der Waals surface area contributed by atoms with Gasteiger partial charge in [0.2, 0.25) is 0 Å². The molecule has 2 atom stereocenters. The highest BCUT2D eigenvalue weighted by Crippen LogP contribution is 2.41. The number of benzene rings is 2. The first kappa shape index (κ1) is 26.2. The standard InChI is InChI=1S/C27H29N3O4S.ClH/c1-2-34-24-23-22(16-30(27(23)33)15-17-8-4-3-5-9-17)35-25(24)26(32)29-14-21(31)20-12-18-10-6-7-11-19(18)13-28-20;/h3-11,20-21,28,31H,2,12-16H2,1H3,(H,29,32);1H. The minimum absolute atomic E-state index is 0. The van der Waals surface area contributed by atoms with E-state index in [2.05, 4.69) is 22.8 Å². The van der Waals surface area contributed by atoms with Gasteiger partial charge in [-0.15, -0.1) is 23.7 Å². The second kappa shape index (κ2) is 11.4. The van der Waals surface area contributed by atoms with Crippen LogP contribution in [0.1, 0.15) is 48.5 Å². The minimum Gasteiger partial charge on any atom is -0.491 e. The molecule has 0 radical (unpaired) electrons. The third-order valence-corrected chi connectivity index (χ3v) is 7.69. The van der Waals surface area contributed by atoms with Gasteiger partial charge in [0.1, 0.15) is 4.88 Å². The summed E-state index contributed by atoms with van der Waals surface area (Å²) in [6, 6.07) is 17.9. The average molecular weight is 528 g/mol. The summed E-state index contributed by atoms with van der Waals surface area (Å²) in [4.78, 5) is 29.3. The zero-order valence-corrected chi connectivity index (χ0v) is 21.7. The largest absolute Gasteiger partial charge is 0.491 e. The van der Waals surface area contributed by atoms with Crippen molar-refractivity contribution >= 4 is 35.6 Å². The number of hydrogen-bond donors (Lipinski definition) is 3. The van der Waals surface area contributed by atoms with E-state index in [0.717, 1.165) is 10.4 Å². The van der Waals surface area contributed by atoms with Crippen molar-refractivity contribution in [3.63, 3.8) is 0 Å². The number of thiophene rings is 1. The van der Waals surface area contributed by atoms with E-state index >= 15 is 0 Å². The molecule has 2 aliphatic rings. The molecule has 2 aromatic carbocycles. The Morgan fingerprint density at radius 2 is 1.92 bits per heavy atom. The molecule has 5 rings (SSSR count). The van der Waals surface area contributed by atoms with Gasteiger partial charge in [-0.25, -0.2) is 0 Å². The summed E-state index contributed by atoms with van der Waals surface area (Å²) < 4.78 is 5.80. The number of halogens is 1. The molecular weight excluding hydrogens is 498 g/mol. The predicted molar refractivity (Wildman–Crippen MR) is 142 cm³/mol.